The highest BCUT2D eigenvalue weighted by Crippen LogP contribution is 2.17. The van der Waals surface area contributed by atoms with E-state index in [-0.39, 0.29) is 5.91 Å². The van der Waals surface area contributed by atoms with E-state index >= 15 is 0 Å². The van der Waals surface area contributed by atoms with Crippen LogP contribution in [0.25, 0.3) is 0 Å². The molecule has 1 aromatic rings. The SMILES string of the molecule is CCN(CC)Cc1ccccc1NC(=O)CCCl. The van der Waals surface area contributed by atoms with Gasteiger partial charge in [0.1, 0.15) is 0 Å². The Labute approximate surface area is 114 Å². The molecule has 0 unspecified atom stereocenters. The third kappa shape index (κ3) is 4.67. The third-order valence-corrected chi connectivity index (χ3v) is 3.09. The van der Waals surface area contributed by atoms with Crippen molar-refractivity contribution in [2.45, 2.75) is 26.8 Å². The summed E-state index contributed by atoms with van der Waals surface area (Å²) < 4.78 is 0. The summed E-state index contributed by atoms with van der Waals surface area (Å²) in [6.45, 7) is 7.13. The molecule has 0 aromatic heterocycles. The van der Waals surface area contributed by atoms with E-state index in [4.69, 9.17) is 11.6 Å². The van der Waals surface area contributed by atoms with Gasteiger partial charge in [-0.05, 0) is 24.7 Å². The van der Waals surface area contributed by atoms with E-state index in [1.165, 1.54) is 0 Å². The number of nitrogens with zero attached hydrogens (tertiary/aromatic N) is 1. The average molecular weight is 269 g/mol. The first kappa shape index (κ1) is 15.0. The minimum atomic E-state index is -0.0306. The molecule has 3 nitrogen and oxygen atoms in total. The fourth-order valence-electron chi connectivity index (χ4n) is 1.77. The monoisotopic (exact) mass is 268 g/mol. The average Bonchev–Trinajstić information content (AvgIpc) is 2.38. The predicted molar refractivity (Wildman–Crippen MR) is 77.0 cm³/mol. The molecule has 100 valence electrons. The first-order valence-corrected chi connectivity index (χ1v) is 6.90. The molecule has 0 atom stereocenters. The topological polar surface area (TPSA) is 32.3 Å². The van der Waals surface area contributed by atoms with Crippen molar-refractivity contribution < 1.29 is 4.79 Å². The van der Waals surface area contributed by atoms with Crippen molar-refractivity contribution in [2.75, 3.05) is 24.3 Å². The van der Waals surface area contributed by atoms with Gasteiger partial charge < -0.3 is 5.32 Å². The lowest BCUT2D eigenvalue weighted by atomic mass is 10.1. The van der Waals surface area contributed by atoms with Crippen molar-refractivity contribution in [1.29, 1.82) is 0 Å². The Bertz CT molecular complexity index is 378. The number of hydrogen-bond acceptors (Lipinski definition) is 2. The van der Waals surface area contributed by atoms with Crippen molar-refractivity contribution in [3.63, 3.8) is 0 Å². The molecule has 1 rings (SSSR count). The van der Waals surface area contributed by atoms with Crippen molar-refractivity contribution in [3.8, 4) is 0 Å². The molecular weight excluding hydrogens is 248 g/mol. The number of alkyl halides is 1. The highest BCUT2D eigenvalue weighted by atomic mass is 35.5. The van der Waals surface area contributed by atoms with Gasteiger partial charge in [-0.25, -0.2) is 0 Å². The van der Waals surface area contributed by atoms with Gasteiger partial charge in [-0.3, -0.25) is 9.69 Å². The fraction of sp³-hybridized carbons (Fsp3) is 0.500. The minimum Gasteiger partial charge on any atom is -0.326 e. The van der Waals surface area contributed by atoms with Crippen LogP contribution in [0.2, 0.25) is 0 Å². The van der Waals surface area contributed by atoms with Crippen LogP contribution in [0.5, 0.6) is 0 Å². The van der Waals surface area contributed by atoms with Crippen molar-refractivity contribution in [3.05, 3.63) is 29.8 Å². The van der Waals surface area contributed by atoms with Gasteiger partial charge in [0, 0.05) is 24.5 Å². The summed E-state index contributed by atoms with van der Waals surface area (Å²) in [5.74, 6) is 0.321. The molecule has 0 bridgehead atoms. The Kier molecular flexibility index (Phi) is 6.76. The molecule has 0 radical (unpaired) electrons. The van der Waals surface area contributed by atoms with Crippen LogP contribution in [0, 0.1) is 0 Å². The number of para-hydroxylation sites is 1. The van der Waals surface area contributed by atoms with E-state index in [2.05, 4.69) is 30.1 Å². The second-order valence-corrected chi connectivity index (χ2v) is 4.48. The molecule has 0 aliphatic carbocycles. The van der Waals surface area contributed by atoms with Crippen LogP contribution < -0.4 is 5.32 Å². The molecule has 1 aromatic carbocycles. The zero-order chi connectivity index (χ0) is 13.4. The van der Waals surface area contributed by atoms with E-state index in [1.54, 1.807) is 0 Å². The summed E-state index contributed by atoms with van der Waals surface area (Å²) in [5.41, 5.74) is 2.03. The molecule has 0 fully saturated rings. The van der Waals surface area contributed by atoms with Crippen molar-refractivity contribution in [1.82, 2.24) is 4.90 Å². The molecule has 0 aliphatic rings. The number of carbonyl (C=O) groups excluding carboxylic acids is 1. The van der Waals surface area contributed by atoms with Gasteiger partial charge in [0.15, 0.2) is 0 Å². The number of carbonyl (C=O) groups is 1. The van der Waals surface area contributed by atoms with Gasteiger partial charge in [0.2, 0.25) is 5.91 Å². The van der Waals surface area contributed by atoms with E-state index in [1.807, 2.05) is 18.2 Å². The summed E-state index contributed by atoms with van der Waals surface area (Å²) in [7, 11) is 0. The molecule has 0 heterocycles. The normalized spacial score (nSPS) is 10.7. The van der Waals surface area contributed by atoms with Crippen molar-refractivity contribution in [2.24, 2.45) is 0 Å². The summed E-state index contributed by atoms with van der Waals surface area (Å²) in [6.07, 6.45) is 0.348. The van der Waals surface area contributed by atoms with E-state index < -0.39 is 0 Å². The Morgan fingerprint density at radius 2 is 1.94 bits per heavy atom. The molecule has 0 spiro atoms. The lowest BCUT2D eigenvalue weighted by molar-refractivity contribution is -0.115. The lowest BCUT2D eigenvalue weighted by Gasteiger charge is -2.20. The highest BCUT2D eigenvalue weighted by molar-refractivity contribution is 6.19. The van der Waals surface area contributed by atoms with E-state index in [9.17, 15) is 4.79 Å². The maximum Gasteiger partial charge on any atom is 0.225 e. The Morgan fingerprint density at radius 1 is 1.28 bits per heavy atom. The number of benzene rings is 1. The van der Waals surface area contributed by atoms with Gasteiger partial charge in [0.25, 0.3) is 0 Å². The van der Waals surface area contributed by atoms with Crippen LogP contribution in [-0.4, -0.2) is 29.8 Å². The maximum atomic E-state index is 11.6. The van der Waals surface area contributed by atoms with Crippen LogP contribution >= 0.6 is 11.6 Å². The largest absolute Gasteiger partial charge is 0.326 e. The van der Waals surface area contributed by atoms with Crippen LogP contribution in [0.4, 0.5) is 5.69 Å². The fourth-order valence-corrected chi connectivity index (χ4v) is 1.94. The Balaban J connectivity index is 2.75. The summed E-state index contributed by atoms with van der Waals surface area (Å²) in [6, 6.07) is 7.91. The number of hydrogen-bond donors (Lipinski definition) is 1. The summed E-state index contributed by atoms with van der Waals surface area (Å²) in [5, 5.41) is 2.91. The summed E-state index contributed by atoms with van der Waals surface area (Å²) in [4.78, 5) is 13.9. The number of halogens is 1. The number of anilines is 1. The number of amides is 1. The first-order valence-electron chi connectivity index (χ1n) is 6.37. The van der Waals surface area contributed by atoms with Gasteiger partial charge in [0.05, 0.1) is 0 Å². The predicted octanol–water partition coefficient (Wildman–Crippen LogP) is 3.10. The van der Waals surface area contributed by atoms with Crippen molar-refractivity contribution >= 4 is 23.2 Å². The van der Waals surface area contributed by atoms with Crippen LogP contribution in [-0.2, 0) is 11.3 Å². The number of rotatable bonds is 7. The highest BCUT2D eigenvalue weighted by Gasteiger charge is 2.08. The molecule has 1 N–H and O–H groups in total. The van der Waals surface area contributed by atoms with Crippen LogP contribution in [0.3, 0.4) is 0 Å². The molecule has 0 saturated heterocycles. The number of nitrogens with one attached hydrogen (secondary N) is 1. The smallest absolute Gasteiger partial charge is 0.225 e. The molecule has 0 saturated carbocycles. The van der Waals surface area contributed by atoms with E-state index in [0.29, 0.717) is 12.3 Å². The standard InChI is InChI=1S/C14H21ClN2O/c1-3-17(4-2)11-12-7-5-6-8-13(12)16-14(18)9-10-15/h5-8H,3-4,9-11H2,1-2H3,(H,16,18). The van der Waals surface area contributed by atoms with E-state index in [0.717, 1.165) is 30.9 Å². The Morgan fingerprint density at radius 3 is 2.56 bits per heavy atom. The minimum absolute atomic E-state index is 0.0306. The second kappa shape index (κ2) is 8.11. The lowest BCUT2D eigenvalue weighted by Crippen LogP contribution is -2.23. The Hall–Kier alpha value is -1.06. The van der Waals surface area contributed by atoms with Gasteiger partial charge in [-0.15, -0.1) is 11.6 Å². The quantitative estimate of drug-likeness (QED) is 0.771. The maximum absolute atomic E-state index is 11.6. The zero-order valence-electron chi connectivity index (χ0n) is 11.1. The first-order chi connectivity index (χ1) is 8.71. The second-order valence-electron chi connectivity index (χ2n) is 4.11. The molecule has 4 heteroatoms. The van der Waals surface area contributed by atoms with Gasteiger partial charge >= 0.3 is 0 Å². The molecule has 18 heavy (non-hydrogen) atoms. The van der Waals surface area contributed by atoms with Gasteiger partial charge in [-0.1, -0.05) is 32.0 Å². The molecular formula is C14H21ClN2O. The zero-order valence-corrected chi connectivity index (χ0v) is 11.8. The van der Waals surface area contributed by atoms with Crippen LogP contribution in [0.15, 0.2) is 24.3 Å². The van der Waals surface area contributed by atoms with Crippen LogP contribution in [0.1, 0.15) is 25.8 Å². The van der Waals surface area contributed by atoms with Gasteiger partial charge in [-0.2, -0.15) is 0 Å². The molecule has 1 amide bonds. The third-order valence-electron chi connectivity index (χ3n) is 2.90. The molecule has 0 aliphatic heterocycles. The summed E-state index contributed by atoms with van der Waals surface area (Å²) >= 11 is 5.56.